The van der Waals surface area contributed by atoms with Crippen LogP contribution in [0.1, 0.15) is 0 Å². The second kappa shape index (κ2) is 8.61. The summed E-state index contributed by atoms with van der Waals surface area (Å²) in [5.41, 5.74) is 0. The average molecular weight is 374 g/mol. The van der Waals surface area contributed by atoms with Gasteiger partial charge in [0, 0.05) is 7.11 Å². The molecule has 0 amide bonds. The second-order valence-corrected chi connectivity index (χ2v) is 6.50. The summed E-state index contributed by atoms with van der Waals surface area (Å²) in [5, 5.41) is 24.1. The van der Waals surface area contributed by atoms with E-state index in [1.54, 1.807) is 0 Å². The monoisotopic (exact) mass is 374 g/mol. The number of rotatable bonds is 6. The minimum absolute atomic E-state index is 0. The number of nitrogens with two attached hydrogens (primary N) is 1. The molecule has 0 bridgehead atoms. The molecule has 0 spiro atoms. The first-order chi connectivity index (χ1) is 9.44. The van der Waals surface area contributed by atoms with E-state index >= 15 is 0 Å². The average Bonchev–Trinajstić information content (AvgIpc) is 2.31. The molecule has 0 aromatic heterocycles. The summed E-state index contributed by atoms with van der Waals surface area (Å²) in [6, 6.07) is -1.58. The van der Waals surface area contributed by atoms with Crippen LogP contribution in [0.5, 0.6) is 0 Å². The summed E-state index contributed by atoms with van der Waals surface area (Å²) >= 11 is 0. The minimum atomic E-state index is -4.95. The Balaban J connectivity index is 0.00000441. The van der Waals surface area contributed by atoms with E-state index in [4.69, 9.17) is 9.47 Å². The van der Waals surface area contributed by atoms with E-state index in [1.165, 1.54) is 4.72 Å². The molecule has 0 aromatic carbocycles. The molecule has 0 unspecified atom stereocenters. The molecular formula is C7H15N2NaO10S2. The first-order valence-electron chi connectivity index (χ1n) is 5.39. The van der Waals surface area contributed by atoms with Crippen LogP contribution in [-0.4, -0.2) is 76.0 Å². The van der Waals surface area contributed by atoms with Gasteiger partial charge in [0.25, 0.3) is 0 Å². The Kier molecular flexibility index (Phi) is 8.84. The second-order valence-electron chi connectivity index (χ2n) is 4.13. The van der Waals surface area contributed by atoms with E-state index in [9.17, 15) is 31.6 Å². The van der Waals surface area contributed by atoms with Gasteiger partial charge < -0.3 is 24.2 Å². The van der Waals surface area contributed by atoms with Gasteiger partial charge in [-0.15, -0.1) is 0 Å². The molecule has 0 radical (unpaired) electrons. The SMILES string of the molecule is CO[C@H]1O[C@H](COS(N)(=O)=O)[C@@H](O)[C@H](O)[C@H]1NS(=O)(=O)[O-].[Na+]. The molecule has 5 atom stereocenters. The maximum Gasteiger partial charge on any atom is 1.00 e. The van der Waals surface area contributed by atoms with Gasteiger partial charge >= 0.3 is 39.9 Å². The quantitative estimate of drug-likeness (QED) is 0.256. The maximum atomic E-state index is 10.7. The zero-order valence-corrected chi connectivity index (χ0v) is 15.3. The van der Waals surface area contributed by atoms with Crippen molar-refractivity contribution < 1.29 is 74.8 Å². The van der Waals surface area contributed by atoms with Gasteiger partial charge in [-0.2, -0.15) is 8.42 Å². The smallest absolute Gasteiger partial charge is 0.735 e. The molecule has 0 aromatic rings. The minimum Gasteiger partial charge on any atom is -0.735 e. The molecule has 0 aliphatic carbocycles. The van der Waals surface area contributed by atoms with Crippen molar-refractivity contribution in [3.63, 3.8) is 0 Å². The van der Waals surface area contributed by atoms with Crippen LogP contribution in [0.3, 0.4) is 0 Å². The Morgan fingerprint density at radius 1 is 1.27 bits per heavy atom. The van der Waals surface area contributed by atoms with Crippen molar-refractivity contribution in [2.24, 2.45) is 5.14 Å². The third kappa shape index (κ3) is 7.00. The molecule has 0 saturated carbocycles. The topological polar surface area (TPSA) is 198 Å². The molecule has 5 N–H and O–H groups in total. The van der Waals surface area contributed by atoms with Crippen LogP contribution in [0.25, 0.3) is 0 Å². The Morgan fingerprint density at radius 3 is 2.23 bits per heavy atom. The third-order valence-corrected chi connectivity index (χ3v) is 3.64. The summed E-state index contributed by atoms with van der Waals surface area (Å²) in [5.74, 6) is 0. The molecule has 1 aliphatic rings. The molecule has 1 aliphatic heterocycles. The fraction of sp³-hybridized carbons (Fsp3) is 1.00. The molecule has 15 heteroatoms. The molecule has 126 valence electrons. The molecule has 22 heavy (non-hydrogen) atoms. The van der Waals surface area contributed by atoms with Crippen molar-refractivity contribution in [2.75, 3.05) is 13.7 Å². The Labute approximate surface area is 149 Å². The molecule has 1 saturated heterocycles. The van der Waals surface area contributed by atoms with Crippen LogP contribution in [0.15, 0.2) is 0 Å². The first kappa shape index (κ1) is 22.6. The standard InChI is InChI=1S/C7H16N2O10S2.Na/c1-17-7-4(9-21(14,15)16)6(11)5(10)3(19-7)2-18-20(8,12)13;/h3-7,9-11H,2H2,1H3,(H2,8,12,13)(H,14,15,16);/q;+1/p-1/t3-,4-,5-,6-,7+;/m1./s1. The van der Waals surface area contributed by atoms with Crippen LogP contribution in [0.2, 0.25) is 0 Å². The van der Waals surface area contributed by atoms with Crippen LogP contribution in [-0.2, 0) is 34.3 Å². The summed E-state index contributed by atoms with van der Waals surface area (Å²) in [6.45, 7) is -0.742. The normalized spacial score (nSPS) is 33.2. The summed E-state index contributed by atoms with van der Waals surface area (Å²) in [6.07, 6.45) is -6.39. The summed E-state index contributed by atoms with van der Waals surface area (Å²) in [4.78, 5) is 0. The predicted molar refractivity (Wildman–Crippen MR) is 63.4 cm³/mol. The van der Waals surface area contributed by atoms with Crippen molar-refractivity contribution in [2.45, 2.75) is 30.6 Å². The van der Waals surface area contributed by atoms with Gasteiger partial charge in [0.1, 0.15) is 24.4 Å². The van der Waals surface area contributed by atoms with E-state index in [0.29, 0.717) is 0 Å². The fourth-order valence-corrected chi connectivity index (χ4v) is 2.63. The van der Waals surface area contributed by atoms with Gasteiger partial charge in [0.2, 0.25) is 0 Å². The van der Waals surface area contributed by atoms with Crippen molar-refractivity contribution in [1.82, 2.24) is 4.72 Å². The molecule has 1 rings (SSSR count). The predicted octanol–water partition coefficient (Wildman–Crippen LogP) is -7.28. The van der Waals surface area contributed by atoms with Crippen LogP contribution in [0.4, 0.5) is 0 Å². The third-order valence-electron chi connectivity index (χ3n) is 2.61. The number of hydrogen-bond donors (Lipinski definition) is 4. The van der Waals surface area contributed by atoms with E-state index in [1.807, 2.05) is 0 Å². The van der Waals surface area contributed by atoms with Gasteiger partial charge in [-0.25, -0.2) is 18.3 Å². The van der Waals surface area contributed by atoms with Crippen molar-refractivity contribution in [3.8, 4) is 0 Å². The number of ether oxygens (including phenoxy) is 2. The van der Waals surface area contributed by atoms with E-state index < -0.39 is 57.9 Å². The summed E-state index contributed by atoms with van der Waals surface area (Å²) < 4.78 is 68.8. The molecule has 1 heterocycles. The largest absolute Gasteiger partial charge is 1.00 e. The van der Waals surface area contributed by atoms with Crippen molar-refractivity contribution in [3.05, 3.63) is 0 Å². The number of aliphatic hydroxyl groups excluding tert-OH is 2. The number of nitrogens with one attached hydrogen (secondary N) is 1. The number of aliphatic hydroxyl groups is 2. The van der Waals surface area contributed by atoms with Gasteiger partial charge in [-0.1, -0.05) is 0 Å². The zero-order valence-electron chi connectivity index (χ0n) is 11.6. The zero-order chi connectivity index (χ0) is 16.4. The van der Waals surface area contributed by atoms with E-state index in [2.05, 4.69) is 9.32 Å². The van der Waals surface area contributed by atoms with Crippen molar-refractivity contribution >= 4 is 20.6 Å². The fourth-order valence-electron chi connectivity index (χ4n) is 1.72. The van der Waals surface area contributed by atoms with Gasteiger partial charge in [-0.05, 0) is 0 Å². The van der Waals surface area contributed by atoms with Crippen LogP contribution in [0, 0.1) is 0 Å². The van der Waals surface area contributed by atoms with Crippen molar-refractivity contribution in [1.29, 1.82) is 0 Å². The van der Waals surface area contributed by atoms with Crippen LogP contribution < -0.4 is 39.4 Å². The van der Waals surface area contributed by atoms with Gasteiger partial charge in [-0.3, -0.25) is 4.18 Å². The molecular weight excluding hydrogens is 359 g/mol. The van der Waals surface area contributed by atoms with Crippen LogP contribution >= 0.6 is 0 Å². The Bertz CT molecular complexity index is 550. The Hall–Kier alpha value is 0.580. The summed E-state index contributed by atoms with van der Waals surface area (Å²) in [7, 11) is -8.18. The van der Waals surface area contributed by atoms with Gasteiger partial charge in [0.05, 0.1) is 6.61 Å². The van der Waals surface area contributed by atoms with E-state index in [0.717, 1.165) is 7.11 Å². The van der Waals surface area contributed by atoms with E-state index in [-0.39, 0.29) is 29.6 Å². The molecule has 1 fully saturated rings. The first-order valence-corrected chi connectivity index (χ1v) is 8.27. The van der Waals surface area contributed by atoms with Gasteiger partial charge in [0.15, 0.2) is 16.6 Å². The number of methoxy groups -OCH3 is 1. The maximum absolute atomic E-state index is 10.7. The number of hydrogen-bond acceptors (Lipinski definition) is 10. The Morgan fingerprint density at radius 2 is 1.82 bits per heavy atom. The molecule has 12 nitrogen and oxygen atoms in total.